The van der Waals surface area contributed by atoms with Crippen molar-refractivity contribution in [2.45, 2.75) is 6.42 Å². The molecule has 4 aromatic rings. The minimum Gasteiger partial charge on any atom is -0.476 e. The van der Waals surface area contributed by atoms with Crippen LogP contribution in [0.2, 0.25) is 5.02 Å². The molecule has 1 aromatic carbocycles. The minimum absolute atomic E-state index is 0.0658. The van der Waals surface area contributed by atoms with Crippen LogP contribution in [0.5, 0.6) is 0 Å². The SMILES string of the molecule is O=C(O)c1nc(Cc2ccc3ncc(Cl)cc3c2)n2ccccc12. The number of pyridine rings is 2. The van der Waals surface area contributed by atoms with Gasteiger partial charge in [0.15, 0.2) is 5.69 Å². The molecule has 118 valence electrons. The van der Waals surface area contributed by atoms with E-state index >= 15 is 0 Å². The van der Waals surface area contributed by atoms with Crippen LogP contribution >= 0.6 is 11.6 Å². The van der Waals surface area contributed by atoms with Gasteiger partial charge in [-0.15, -0.1) is 0 Å². The lowest BCUT2D eigenvalue weighted by atomic mass is 10.1. The van der Waals surface area contributed by atoms with E-state index in [-0.39, 0.29) is 5.69 Å². The maximum Gasteiger partial charge on any atom is 0.356 e. The fraction of sp³-hybridized carbons (Fsp3) is 0.0556. The maximum atomic E-state index is 11.4. The zero-order valence-corrected chi connectivity index (χ0v) is 13.2. The summed E-state index contributed by atoms with van der Waals surface area (Å²) >= 11 is 6.00. The highest BCUT2D eigenvalue weighted by Gasteiger charge is 2.16. The Hall–Kier alpha value is -2.92. The molecule has 5 nitrogen and oxygen atoms in total. The normalized spacial score (nSPS) is 11.2. The Morgan fingerprint density at radius 1 is 1.21 bits per heavy atom. The molecule has 0 aliphatic carbocycles. The Morgan fingerprint density at radius 3 is 2.92 bits per heavy atom. The molecular formula is C18H12ClN3O2. The molecule has 0 saturated heterocycles. The summed E-state index contributed by atoms with van der Waals surface area (Å²) in [6.45, 7) is 0. The Bertz CT molecular complexity index is 1090. The molecule has 0 radical (unpaired) electrons. The lowest BCUT2D eigenvalue weighted by molar-refractivity contribution is 0.0693. The summed E-state index contributed by atoms with van der Waals surface area (Å²) in [4.78, 5) is 20.0. The molecule has 4 rings (SSSR count). The predicted molar refractivity (Wildman–Crippen MR) is 91.7 cm³/mol. The molecule has 0 aliphatic heterocycles. The van der Waals surface area contributed by atoms with E-state index in [0.29, 0.717) is 22.8 Å². The Kier molecular flexibility index (Phi) is 3.43. The van der Waals surface area contributed by atoms with Gasteiger partial charge in [-0.3, -0.25) is 4.98 Å². The van der Waals surface area contributed by atoms with E-state index in [1.807, 2.05) is 40.9 Å². The van der Waals surface area contributed by atoms with Crippen LogP contribution in [0.3, 0.4) is 0 Å². The van der Waals surface area contributed by atoms with Crippen LogP contribution in [-0.4, -0.2) is 25.4 Å². The number of aromatic carboxylic acids is 1. The summed E-state index contributed by atoms with van der Waals surface area (Å²) in [6.07, 6.45) is 3.95. The lowest BCUT2D eigenvalue weighted by Gasteiger charge is -2.04. The van der Waals surface area contributed by atoms with Gasteiger partial charge in [0.05, 0.1) is 16.1 Å². The van der Waals surface area contributed by atoms with Crippen molar-refractivity contribution < 1.29 is 9.90 Å². The molecule has 6 heteroatoms. The van der Waals surface area contributed by atoms with Gasteiger partial charge in [-0.1, -0.05) is 23.7 Å². The summed E-state index contributed by atoms with van der Waals surface area (Å²) in [5, 5.41) is 10.9. The van der Waals surface area contributed by atoms with Crippen LogP contribution < -0.4 is 0 Å². The van der Waals surface area contributed by atoms with Gasteiger partial charge in [-0.25, -0.2) is 9.78 Å². The highest BCUT2D eigenvalue weighted by atomic mass is 35.5. The van der Waals surface area contributed by atoms with Crippen molar-refractivity contribution in [2.24, 2.45) is 0 Å². The number of hydrogen-bond acceptors (Lipinski definition) is 3. The Balaban J connectivity index is 1.80. The Morgan fingerprint density at radius 2 is 2.08 bits per heavy atom. The largest absolute Gasteiger partial charge is 0.476 e. The summed E-state index contributed by atoms with van der Waals surface area (Å²) in [5.74, 6) is -0.350. The number of carbonyl (C=O) groups is 1. The van der Waals surface area contributed by atoms with Gasteiger partial charge in [0.1, 0.15) is 5.82 Å². The number of aromatic nitrogens is 3. The molecule has 0 saturated carbocycles. The number of nitrogens with zero attached hydrogens (tertiary/aromatic N) is 3. The number of imidazole rings is 1. The third kappa shape index (κ3) is 2.49. The second kappa shape index (κ2) is 5.62. The van der Waals surface area contributed by atoms with E-state index in [2.05, 4.69) is 9.97 Å². The van der Waals surface area contributed by atoms with Crippen LogP contribution in [-0.2, 0) is 6.42 Å². The number of fused-ring (bicyclic) bond motifs is 2. The van der Waals surface area contributed by atoms with Crippen LogP contribution in [0.25, 0.3) is 16.4 Å². The first-order chi connectivity index (χ1) is 11.6. The van der Waals surface area contributed by atoms with E-state index in [1.54, 1.807) is 18.3 Å². The topological polar surface area (TPSA) is 67.5 Å². The van der Waals surface area contributed by atoms with Crippen LogP contribution in [0.1, 0.15) is 21.9 Å². The average molecular weight is 338 g/mol. The first-order valence-corrected chi connectivity index (χ1v) is 7.73. The molecule has 3 aromatic heterocycles. The van der Waals surface area contributed by atoms with Gasteiger partial charge in [-0.2, -0.15) is 0 Å². The number of carboxylic acids is 1. The van der Waals surface area contributed by atoms with Gasteiger partial charge in [0.25, 0.3) is 0 Å². The number of halogens is 1. The van der Waals surface area contributed by atoms with Crippen molar-refractivity contribution >= 4 is 34.0 Å². The van der Waals surface area contributed by atoms with E-state index < -0.39 is 5.97 Å². The molecule has 0 atom stereocenters. The Labute approximate surface area is 142 Å². The minimum atomic E-state index is -1.03. The molecule has 24 heavy (non-hydrogen) atoms. The molecule has 0 aliphatic rings. The van der Waals surface area contributed by atoms with Crippen LogP contribution in [0.15, 0.2) is 54.9 Å². The van der Waals surface area contributed by atoms with Crippen LogP contribution in [0.4, 0.5) is 0 Å². The summed E-state index contributed by atoms with van der Waals surface area (Å²) in [6, 6.07) is 13.2. The van der Waals surface area contributed by atoms with Crippen molar-refractivity contribution in [3.8, 4) is 0 Å². The lowest BCUT2D eigenvalue weighted by Crippen LogP contribution is -1.98. The van der Waals surface area contributed by atoms with E-state index in [9.17, 15) is 9.90 Å². The quantitative estimate of drug-likeness (QED) is 0.617. The first-order valence-electron chi connectivity index (χ1n) is 7.35. The van der Waals surface area contributed by atoms with Gasteiger partial charge in [0.2, 0.25) is 0 Å². The van der Waals surface area contributed by atoms with Gasteiger partial charge in [0, 0.05) is 24.2 Å². The standard InChI is InChI=1S/C18H12ClN3O2/c19-13-9-12-7-11(4-5-14(12)20-10-13)8-16-21-17(18(23)24)15-3-1-2-6-22(15)16/h1-7,9-10H,8H2,(H,23,24). The van der Waals surface area contributed by atoms with E-state index in [0.717, 1.165) is 16.5 Å². The molecule has 0 bridgehead atoms. The zero-order valence-electron chi connectivity index (χ0n) is 12.5. The molecular weight excluding hydrogens is 326 g/mol. The summed E-state index contributed by atoms with van der Waals surface area (Å²) in [5.41, 5.74) is 2.53. The number of carboxylic acid groups (broad SMARTS) is 1. The smallest absolute Gasteiger partial charge is 0.356 e. The second-order valence-corrected chi connectivity index (χ2v) is 5.93. The van der Waals surface area contributed by atoms with E-state index in [4.69, 9.17) is 11.6 Å². The highest BCUT2D eigenvalue weighted by Crippen LogP contribution is 2.21. The molecule has 1 N–H and O–H groups in total. The summed E-state index contributed by atoms with van der Waals surface area (Å²) in [7, 11) is 0. The predicted octanol–water partition coefficient (Wildman–Crippen LogP) is 3.82. The third-order valence-electron chi connectivity index (χ3n) is 3.90. The van der Waals surface area contributed by atoms with Crippen molar-refractivity contribution in [2.75, 3.05) is 0 Å². The summed E-state index contributed by atoms with van der Waals surface area (Å²) < 4.78 is 1.81. The third-order valence-corrected chi connectivity index (χ3v) is 4.11. The number of hydrogen-bond donors (Lipinski definition) is 1. The van der Waals surface area contributed by atoms with Gasteiger partial charge < -0.3 is 9.51 Å². The van der Waals surface area contributed by atoms with Gasteiger partial charge in [-0.05, 0) is 35.9 Å². The average Bonchev–Trinajstić information content (AvgIpc) is 2.94. The highest BCUT2D eigenvalue weighted by molar-refractivity contribution is 6.31. The van der Waals surface area contributed by atoms with Crippen molar-refractivity contribution in [1.82, 2.24) is 14.4 Å². The van der Waals surface area contributed by atoms with Gasteiger partial charge >= 0.3 is 5.97 Å². The molecule has 0 spiro atoms. The maximum absolute atomic E-state index is 11.4. The molecule has 3 heterocycles. The van der Waals surface area contributed by atoms with Crippen LogP contribution in [0, 0.1) is 0 Å². The van der Waals surface area contributed by atoms with Crippen molar-refractivity contribution in [1.29, 1.82) is 0 Å². The second-order valence-electron chi connectivity index (χ2n) is 5.50. The van der Waals surface area contributed by atoms with Crippen molar-refractivity contribution in [3.63, 3.8) is 0 Å². The van der Waals surface area contributed by atoms with Crippen molar-refractivity contribution in [3.05, 3.63) is 77.0 Å². The molecule has 0 fully saturated rings. The fourth-order valence-corrected chi connectivity index (χ4v) is 3.00. The first kappa shape index (κ1) is 14.7. The van der Waals surface area contributed by atoms with E-state index in [1.165, 1.54) is 0 Å². The molecule has 0 unspecified atom stereocenters. The molecule has 0 amide bonds. The number of benzene rings is 1. The monoisotopic (exact) mass is 337 g/mol. The number of rotatable bonds is 3. The zero-order chi connectivity index (χ0) is 16.7. The fourth-order valence-electron chi connectivity index (χ4n) is 2.83.